The first kappa shape index (κ1) is 25.0. The van der Waals surface area contributed by atoms with Crippen LogP contribution in [0, 0.1) is 11.8 Å². The average Bonchev–Trinajstić information content (AvgIpc) is 3.46. The number of aliphatic hydroxyl groups is 1. The van der Waals surface area contributed by atoms with Crippen molar-refractivity contribution in [1.29, 1.82) is 0 Å². The van der Waals surface area contributed by atoms with Crippen LogP contribution in [-0.2, 0) is 25.5 Å². The Kier molecular flexibility index (Phi) is 7.57. The number of ether oxygens (including phenoxy) is 1. The number of esters is 1. The number of amides is 2. The molecule has 3 unspecified atom stereocenters. The molecule has 1 aromatic carbocycles. The van der Waals surface area contributed by atoms with Gasteiger partial charge in [0.1, 0.15) is 6.04 Å². The molecule has 3 heterocycles. The minimum Gasteiger partial charge on any atom is -0.466 e. The van der Waals surface area contributed by atoms with Gasteiger partial charge in [0.05, 0.1) is 35.8 Å². The zero-order valence-electron chi connectivity index (χ0n) is 20.2. The number of benzene rings is 1. The third-order valence-corrected chi connectivity index (χ3v) is 9.53. The molecule has 0 radical (unpaired) electrons. The van der Waals surface area contributed by atoms with E-state index in [-0.39, 0.29) is 42.3 Å². The summed E-state index contributed by atoms with van der Waals surface area (Å²) in [6, 6.07) is 8.41. The molecule has 2 amide bonds. The monoisotopic (exact) mass is 488 g/mol. The smallest absolute Gasteiger partial charge is 0.310 e. The lowest BCUT2D eigenvalue weighted by molar-refractivity contribution is -0.154. The van der Waals surface area contributed by atoms with Crippen LogP contribution in [0.2, 0.25) is 0 Å². The largest absolute Gasteiger partial charge is 0.466 e. The van der Waals surface area contributed by atoms with Crippen molar-refractivity contribution in [2.75, 3.05) is 13.2 Å². The number of aliphatic hydroxyl groups excluding tert-OH is 1. The molecule has 3 aliphatic rings. The Morgan fingerprint density at radius 3 is 2.68 bits per heavy atom. The maximum absolute atomic E-state index is 14.0. The van der Waals surface area contributed by atoms with E-state index in [1.807, 2.05) is 37.3 Å². The van der Waals surface area contributed by atoms with Crippen molar-refractivity contribution in [2.45, 2.75) is 81.0 Å². The van der Waals surface area contributed by atoms with Crippen molar-refractivity contribution in [1.82, 2.24) is 10.2 Å². The molecular weight excluding hydrogens is 452 g/mol. The maximum atomic E-state index is 14.0. The van der Waals surface area contributed by atoms with E-state index >= 15 is 0 Å². The van der Waals surface area contributed by atoms with Gasteiger partial charge in [-0.05, 0) is 45.1 Å². The zero-order chi connectivity index (χ0) is 24.5. The quantitative estimate of drug-likeness (QED) is 0.492. The van der Waals surface area contributed by atoms with Gasteiger partial charge in [0.2, 0.25) is 11.8 Å². The molecule has 1 aromatic rings. The highest BCUT2D eigenvalue weighted by Gasteiger charge is 2.74. The van der Waals surface area contributed by atoms with Crippen molar-refractivity contribution in [3.8, 4) is 0 Å². The highest BCUT2D eigenvalue weighted by atomic mass is 32.2. The van der Waals surface area contributed by atoms with E-state index in [2.05, 4.69) is 12.2 Å². The van der Waals surface area contributed by atoms with Gasteiger partial charge in [0, 0.05) is 11.3 Å². The summed E-state index contributed by atoms with van der Waals surface area (Å²) in [7, 11) is 0. The predicted molar refractivity (Wildman–Crippen MR) is 131 cm³/mol. The molecule has 0 saturated carbocycles. The number of hydrogen-bond acceptors (Lipinski definition) is 6. The van der Waals surface area contributed by atoms with Gasteiger partial charge in [0.15, 0.2) is 0 Å². The Balaban J connectivity index is 1.72. The van der Waals surface area contributed by atoms with E-state index in [0.29, 0.717) is 12.8 Å². The lowest BCUT2D eigenvalue weighted by Crippen LogP contribution is -2.58. The summed E-state index contributed by atoms with van der Waals surface area (Å²) in [6.07, 6.45) is 3.71. The Bertz CT molecular complexity index is 912. The van der Waals surface area contributed by atoms with Crippen LogP contribution in [0.25, 0.3) is 0 Å². The summed E-state index contributed by atoms with van der Waals surface area (Å²) in [5.74, 6) is -1.87. The molecule has 3 saturated heterocycles. The van der Waals surface area contributed by atoms with Crippen LogP contribution in [0.4, 0.5) is 0 Å². The molecule has 4 rings (SSSR count). The van der Waals surface area contributed by atoms with Crippen LogP contribution < -0.4 is 5.32 Å². The molecule has 1 spiro atoms. The van der Waals surface area contributed by atoms with Crippen LogP contribution in [0.1, 0.15) is 52.0 Å². The number of hydrogen-bond donors (Lipinski definition) is 2. The summed E-state index contributed by atoms with van der Waals surface area (Å²) in [5, 5.41) is 13.5. The van der Waals surface area contributed by atoms with Crippen molar-refractivity contribution < 1.29 is 24.2 Å². The van der Waals surface area contributed by atoms with Crippen molar-refractivity contribution in [3.05, 3.63) is 35.9 Å². The van der Waals surface area contributed by atoms with E-state index in [0.717, 1.165) is 24.8 Å². The lowest BCUT2D eigenvalue weighted by atomic mass is 9.71. The zero-order valence-corrected chi connectivity index (χ0v) is 21.1. The topological polar surface area (TPSA) is 95.9 Å². The first-order valence-electron chi connectivity index (χ1n) is 12.5. The number of nitrogens with zero attached hydrogens (tertiary/aromatic N) is 1. The van der Waals surface area contributed by atoms with Crippen molar-refractivity contribution >= 4 is 29.5 Å². The fourth-order valence-corrected chi connectivity index (χ4v) is 8.45. The fraction of sp³-hybridized carbons (Fsp3) is 0.654. The average molecular weight is 489 g/mol. The van der Waals surface area contributed by atoms with Gasteiger partial charge in [0.25, 0.3) is 0 Å². The van der Waals surface area contributed by atoms with Crippen LogP contribution in [0.15, 0.2) is 30.3 Å². The second kappa shape index (κ2) is 10.3. The lowest BCUT2D eigenvalue weighted by Gasteiger charge is -2.37. The number of nitrogens with one attached hydrogen (secondary N) is 1. The van der Waals surface area contributed by atoms with Crippen LogP contribution in [0.3, 0.4) is 0 Å². The molecular formula is C26H36N2O5S. The van der Waals surface area contributed by atoms with Gasteiger partial charge in [-0.1, -0.05) is 43.7 Å². The summed E-state index contributed by atoms with van der Waals surface area (Å²) in [6.45, 7) is 5.82. The molecule has 7 nitrogen and oxygen atoms in total. The van der Waals surface area contributed by atoms with E-state index < -0.39 is 28.7 Å². The molecule has 2 N–H and O–H groups in total. The van der Waals surface area contributed by atoms with Gasteiger partial charge in [-0.25, -0.2) is 0 Å². The predicted octanol–water partition coefficient (Wildman–Crippen LogP) is 2.55. The third kappa shape index (κ3) is 4.24. The molecule has 3 fully saturated rings. The first-order chi connectivity index (χ1) is 16.4. The summed E-state index contributed by atoms with van der Waals surface area (Å²) in [5.41, 5.74) is 0.987. The van der Waals surface area contributed by atoms with E-state index in [1.54, 1.807) is 23.6 Å². The maximum Gasteiger partial charge on any atom is 0.310 e. The standard InChI is InChI=1S/C26H36N2O5S/c1-4-9-16(3)27-23(30)22-26-13-12-19(34-26)20(25(32)33-5-2)21(26)24(31)28(22)18(15-29)14-17-10-7-6-8-11-17/h6-8,10-11,16,18-22,29H,4-5,9,12-15H2,1-3H3,(H,27,30)/t16?,18-,19+,20-,21+,22?,26?/m1/s1. The third-order valence-electron chi connectivity index (χ3n) is 7.57. The summed E-state index contributed by atoms with van der Waals surface area (Å²) >= 11 is 1.62. The van der Waals surface area contributed by atoms with Crippen molar-refractivity contribution in [3.63, 3.8) is 0 Å². The van der Waals surface area contributed by atoms with E-state index in [9.17, 15) is 19.5 Å². The fourth-order valence-electron chi connectivity index (χ4n) is 6.25. The van der Waals surface area contributed by atoms with Gasteiger partial charge >= 0.3 is 5.97 Å². The van der Waals surface area contributed by atoms with Gasteiger partial charge in [-0.3, -0.25) is 14.4 Å². The van der Waals surface area contributed by atoms with Crippen LogP contribution >= 0.6 is 11.8 Å². The molecule has 8 heteroatoms. The Morgan fingerprint density at radius 2 is 2.03 bits per heavy atom. The second-order valence-corrected chi connectivity index (χ2v) is 11.4. The van der Waals surface area contributed by atoms with Crippen LogP contribution in [-0.4, -0.2) is 69.1 Å². The number of rotatable bonds is 10. The normalized spacial score (nSPS) is 31.3. The number of fused-ring (bicyclic) bond motifs is 1. The molecule has 186 valence electrons. The Hall–Kier alpha value is -2.06. The molecule has 0 aliphatic carbocycles. The Morgan fingerprint density at radius 1 is 1.29 bits per heavy atom. The highest BCUT2D eigenvalue weighted by molar-refractivity contribution is 8.02. The van der Waals surface area contributed by atoms with E-state index in [1.165, 1.54) is 0 Å². The summed E-state index contributed by atoms with van der Waals surface area (Å²) in [4.78, 5) is 42.3. The van der Waals surface area contributed by atoms with Crippen LogP contribution in [0.5, 0.6) is 0 Å². The molecule has 34 heavy (non-hydrogen) atoms. The Labute approximate surface area is 206 Å². The van der Waals surface area contributed by atoms with Gasteiger partial charge in [-0.15, -0.1) is 11.8 Å². The SMILES string of the molecule is CCCC(C)NC(=O)C1N([C@@H](CO)Cc2ccccc2)C(=O)[C@@H]2[C@H](C(=O)OCC)[C@@H]3CCC12S3. The molecule has 7 atom stereocenters. The van der Waals surface area contributed by atoms with E-state index in [4.69, 9.17) is 4.74 Å². The highest BCUT2D eigenvalue weighted by Crippen LogP contribution is 2.66. The number of likely N-dealkylation sites (tertiary alicyclic amines) is 1. The number of thioether (sulfide) groups is 1. The van der Waals surface area contributed by atoms with Crippen molar-refractivity contribution in [2.24, 2.45) is 11.8 Å². The molecule has 3 aliphatic heterocycles. The van der Waals surface area contributed by atoms with Gasteiger partial charge in [-0.2, -0.15) is 0 Å². The van der Waals surface area contributed by atoms with Gasteiger partial charge < -0.3 is 20.1 Å². The second-order valence-electron chi connectivity index (χ2n) is 9.78. The number of carbonyl (C=O) groups is 3. The number of carbonyl (C=O) groups excluding carboxylic acids is 3. The minimum atomic E-state index is -0.723. The first-order valence-corrected chi connectivity index (χ1v) is 13.4. The minimum absolute atomic E-state index is 0.0137. The molecule has 2 bridgehead atoms. The molecule has 0 aromatic heterocycles. The summed E-state index contributed by atoms with van der Waals surface area (Å²) < 4.78 is 4.70.